The molecule has 0 spiro atoms. The first-order chi connectivity index (χ1) is 15.8. The van der Waals surface area contributed by atoms with E-state index < -0.39 is 18.5 Å². The molecule has 2 bridgehead atoms. The summed E-state index contributed by atoms with van der Waals surface area (Å²) >= 11 is 9.37. The number of amides is 3. The molecule has 1 aliphatic heterocycles. The summed E-state index contributed by atoms with van der Waals surface area (Å²) in [6.45, 7) is -0.509. The van der Waals surface area contributed by atoms with Gasteiger partial charge in [0.25, 0.3) is 5.91 Å². The van der Waals surface area contributed by atoms with Crippen LogP contribution >= 0.6 is 27.5 Å². The fraction of sp³-hybridized carbons (Fsp3) is 0.333. The minimum Gasteiger partial charge on any atom is -0.452 e. The van der Waals surface area contributed by atoms with E-state index in [2.05, 4.69) is 21.2 Å². The van der Waals surface area contributed by atoms with Crippen molar-refractivity contribution in [3.8, 4) is 0 Å². The summed E-state index contributed by atoms with van der Waals surface area (Å²) in [5, 5.41) is 2.92. The molecule has 4 atom stereocenters. The number of carbonyl (C=O) groups excluding carboxylic acids is 4. The fourth-order valence-electron chi connectivity index (χ4n) is 5.43. The van der Waals surface area contributed by atoms with Crippen LogP contribution in [0.2, 0.25) is 5.02 Å². The summed E-state index contributed by atoms with van der Waals surface area (Å²) in [5.74, 6) is -1.52. The number of hydrogen-bond donors (Lipinski definition) is 1. The molecule has 3 amide bonds. The lowest BCUT2D eigenvalue weighted by molar-refractivity contribution is -0.123. The molecule has 2 aliphatic carbocycles. The maximum absolute atomic E-state index is 13.0. The molecule has 2 aromatic rings. The molecule has 5 rings (SSSR count). The Labute approximate surface area is 203 Å². The normalized spacial score (nSPS) is 25.3. The molecule has 1 saturated heterocycles. The Morgan fingerprint density at radius 3 is 2.42 bits per heavy atom. The van der Waals surface area contributed by atoms with E-state index in [0.29, 0.717) is 16.4 Å². The average molecular weight is 532 g/mol. The summed E-state index contributed by atoms with van der Waals surface area (Å²) in [4.78, 5) is 52.0. The largest absolute Gasteiger partial charge is 0.452 e. The Morgan fingerprint density at radius 2 is 1.76 bits per heavy atom. The van der Waals surface area contributed by atoms with E-state index in [-0.39, 0.29) is 41.0 Å². The fourth-order valence-corrected chi connectivity index (χ4v) is 6.15. The van der Waals surface area contributed by atoms with Crippen molar-refractivity contribution in [1.29, 1.82) is 0 Å². The van der Waals surface area contributed by atoms with E-state index in [1.807, 2.05) is 0 Å². The third kappa shape index (κ3) is 3.95. The summed E-state index contributed by atoms with van der Waals surface area (Å²) in [7, 11) is 0. The van der Waals surface area contributed by atoms with Gasteiger partial charge in [0.15, 0.2) is 6.61 Å². The van der Waals surface area contributed by atoms with Crippen LogP contribution in [0.1, 0.15) is 29.6 Å². The van der Waals surface area contributed by atoms with Crippen molar-refractivity contribution in [2.75, 3.05) is 16.8 Å². The van der Waals surface area contributed by atoms with Gasteiger partial charge in [-0.2, -0.15) is 0 Å². The van der Waals surface area contributed by atoms with Gasteiger partial charge >= 0.3 is 5.97 Å². The predicted molar refractivity (Wildman–Crippen MR) is 125 cm³/mol. The molecule has 0 radical (unpaired) electrons. The Morgan fingerprint density at radius 1 is 1.06 bits per heavy atom. The van der Waals surface area contributed by atoms with Crippen LogP contribution in [0.15, 0.2) is 46.9 Å². The Balaban J connectivity index is 1.25. The lowest BCUT2D eigenvalue weighted by Gasteiger charge is -2.19. The molecule has 2 aromatic carbocycles. The zero-order valence-electron chi connectivity index (χ0n) is 17.4. The van der Waals surface area contributed by atoms with Crippen LogP contribution in [0.5, 0.6) is 0 Å². The van der Waals surface area contributed by atoms with Crippen LogP contribution in [0.25, 0.3) is 0 Å². The molecule has 3 fully saturated rings. The van der Waals surface area contributed by atoms with Crippen LogP contribution in [-0.4, -0.2) is 30.3 Å². The Hall–Kier alpha value is -2.71. The van der Waals surface area contributed by atoms with Crippen molar-refractivity contribution in [2.24, 2.45) is 23.7 Å². The second-order valence-corrected chi connectivity index (χ2v) is 10.0. The van der Waals surface area contributed by atoms with E-state index in [1.165, 1.54) is 17.0 Å². The summed E-state index contributed by atoms with van der Waals surface area (Å²) < 4.78 is 5.89. The van der Waals surface area contributed by atoms with Crippen molar-refractivity contribution in [3.63, 3.8) is 0 Å². The van der Waals surface area contributed by atoms with Crippen molar-refractivity contribution in [3.05, 3.63) is 57.5 Å². The third-order valence-corrected chi connectivity index (χ3v) is 7.61. The Kier molecular flexibility index (Phi) is 5.74. The van der Waals surface area contributed by atoms with E-state index in [4.69, 9.17) is 16.3 Å². The molecule has 3 aliphatic rings. The number of anilines is 2. The summed E-state index contributed by atoms with van der Waals surface area (Å²) in [5.41, 5.74) is 0.912. The quantitative estimate of drug-likeness (QED) is 0.455. The van der Waals surface area contributed by atoms with E-state index in [9.17, 15) is 19.2 Å². The number of nitrogens with zero attached hydrogens (tertiary/aromatic N) is 1. The zero-order chi connectivity index (χ0) is 23.3. The monoisotopic (exact) mass is 530 g/mol. The van der Waals surface area contributed by atoms with Gasteiger partial charge in [-0.1, -0.05) is 33.6 Å². The molecule has 0 unspecified atom stereocenters. The maximum Gasteiger partial charge on any atom is 0.338 e. The summed E-state index contributed by atoms with van der Waals surface area (Å²) in [6, 6.07) is 11.2. The number of esters is 1. The molecule has 1 heterocycles. The van der Waals surface area contributed by atoms with Gasteiger partial charge in [-0.3, -0.25) is 19.3 Å². The van der Waals surface area contributed by atoms with Gasteiger partial charge < -0.3 is 10.1 Å². The van der Waals surface area contributed by atoms with Gasteiger partial charge in [-0.15, -0.1) is 0 Å². The highest BCUT2D eigenvalue weighted by atomic mass is 79.9. The number of hydrogen-bond acceptors (Lipinski definition) is 5. The number of fused-ring (bicyclic) bond motifs is 5. The second kappa shape index (κ2) is 8.57. The third-order valence-electron chi connectivity index (χ3n) is 6.81. The smallest absolute Gasteiger partial charge is 0.338 e. The van der Waals surface area contributed by atoms with Crippen molar-refractivity contribution in [2.45, 2.75) is 19.3 Å². The number of nitrogens with one attached hydrogen (secondary N) is 1. The van der Waals surface area contributed by atoms with Gasteiger partial charge in [0.1, 0.15) is 0 Å². The van der Waals surface area contributed by atoms with Crippen molar-refractivity contribution in [1.82, 2.24) is 0 Å². The highest BCUT2D eigenvalue weighted by Gasteiger charge is 2.61. The van der Waals surface area contributed by atoms with Crippen LogP contribution in [-0.2, 0) is 19.1 Å². The highest BCUT2D eigenvalue weighted by Crippen LogP contribution is 2.56. The maximum atomic E-state index is 13.0. The molecule has 33 heavy (non-hydrogen) atoms. The van der Waals surface area contributed by atoms with Crippen LogP contribution in [0, 0.1) is 23.7 Å². The zero-order valence-corrected chi connectivity index (χ0v) is 19.8. The summed E-state index contributed by atoms with van der Waals surface area (Å²) in [6.07, 6.45) is 2.96. The van der Waals surface area contributed by atoms with Crippen molar-refractivity contribution < 1.29 is 23.9 Å². The number of imide groups is 1. The number of halogens is 2. The SMILES string of the molecule is O=C(COC(=O)c1cccc(N2C(=O)[C@H]3[C@H]4CC[C@@H](C4)[C@@H]3C2=O)c1)Nc1ccc(Br)cc1Cl. The lowest BCUT2D eigenvalue weighted by Crippen LogP contribution is -2.32. The molecule has 9 heteroatoms. The molecular formula is C24H20BrClN2O5. The standard InChI is InChI=1S/C24H20BrClN2O5/c25-15-6-7-18(17(26)10-15)27-19(29)11-33-24(32)14-2-1-3-16(9-14)28-22(30)20-12-4-5-13(8-12)21(20)23(28)31/h1-3,6-7,9-10,12-13,20-21H,4-5,8,11H2,(H,27,29)/t12-,13-,20-,21-/m0/s1. The van der Waals surface area contributed by atoms with Gasteiger partial charge in [0.2, 0.25) is 11.8 Å². The van der Waals surface area contributed by atoms with Gasteiger partial charge in [0, 0.05) is 4.47 Å². The molecule has 2 saturated carbocycles. The molecule has 7 nitrogen and oxygen atoms in total. The minimum atomic E-state index is -0.728. The number of benzene rings is 2. The second-order valence-electron chi connectivity index (χ2n) is 8.70. The lowest BCUT2D eigenvalue weighted by atomic mass is 9.81. The molecule has 0 aromatic heterocycles. The van der Waals surface area contributed by atoms with Crippen LogP contribution in [0.3, 0.4) is 0 Å². The van der Waals surface area contributed by atoms with Gasteiger partial charge in [0.05, 0.1) is 33.8 Å². The first kappa shape index (κ1) is 22.1. The average Bonchev–Trinajstić information content (AvgIpc) is 3.48. The first-order valence-electron chi connectivity index (χ1n) is 10.7. The van der Waals surface area contributed by atoms with E-state index >= 15 is 0 Å². The molecular weight excluding hydrogens is 512 g/mol. The van der Waals surface area contributed by atoms with E-state index in [1.54, 1.807) is 30.3 Å². The predicted octanol–water partition coefficient (Wildman–Crippen LogP) is 4.43. The first-order valence-corrected chi connectivity index (χ1v) is 11.9. The molecule has 1 N–H and O–H groups in total. The van der Waals surface area contributed by atoms with E-state index in [0.717, 1.165) is 23.7 Å². The number of rotatable bonds is 5. The van der Waals surface area contributed by atoms with Gasteiger partial charge in [-0.05, 0) is 67.5 Å². The van der Waals surface area contributed by atoms with Gasteiger partial charge in [-0.25, -0.2) is 4.79 Å². The minimum absolute atomic E-state index is 0.155. The Bertz CT molecular complexity index is 1160. The van der Waals surface area contributed by atoms with Crippen molar-refractivity contribution >= 4 is 62.6 Å². The van der Waals surface area contributed by atoms with Crippen LogP contribution < -0.4 is 10.2 Å². The number of ether oxygens (including phenoxy) is 1. The number of carbonyl (C=O) groups is 4. The van der Waals surface area contributed by atoms with Crippen LogP contribution in [0.4, 0.5) is 11.4 Å². The highest BCUT2D eigenvalue weighted by molar-refractivity contribution is 9.10. The topological polar surface area (TPSA) is 92.8 Å². The molecule has 170 valence electrons.